The molecule has 1 aromatic carbocycles. The van der Waals surface area contributed by atoms with Crippen molar-refractivity contribution in [2.75, 3.05) is 18.5 Å². The van der Waals surface area contributed by atoms with Crippen LogP contribution in [-0.4, -0.2) is 41.4 Å². The van der Waals surface area contributed by atoms with E-state index in [9.17, 15) is 22.8 Å². The smallest absolute Gasteiger partial charge is 0.355 e. The number of benzene rings is 1. The molecule has 1 aromatic heterocycles. The van der Waals surface area contributed by atoms with Crippen molar-refractivity contribution in [3.8, 4) is 0 Å². The molecular weight excluding hydrogens is 459 g/mol. The second kappa shape index (κ2) is 9.38. The van der Waals surface area contributed by atoms with Crippen molar-refractivity contribution < 1.29 is 22.8 Å². The molecule has 3 heterocycles. The third kappa shape index (κ3) is 4.83. The first-order valence-corrected chi connectivity index (χ1v) is 10.9. The molecule has 4 rings (SSSR count). The van der Waals surface area contributed by atoms with Gasteiger partial charge in [-0.1, -0.05) is 12.1 Å². The van der Waals surface area contributed by atoms with Crippen LogP contribution in [-0.2, 0) is 11.0 Å². The lowest BCUT2D eigenvalue weighted by molar-refractivity contribution is -0.137. The van der Waals surface area contributed by atoms with E-state index >= 15 is 0 Å². The molecule has 0 saturated carbocycles. The number of nitrogens with one attached hydrogen (secondary N) is 2. The summed E-state index contributed by atoms with van der Waals surface area (Å²) >= 11 is 0. The second-order valence-corrected chi connectivity index (χ2v) is 8.31. The number of aromatic nitrogens is 1. The Morgan fingerprint density at radius 3 is 2.43 bits per heavy atom. The SMILES string of the molecule is CNC(=O)c1ccc(C2=C3C=C(C(=O)N(c4ccc(C(F)(F)F)cn4)C(C)C)C=CN3NC2)cc1. The number of hydrogen-bond donors (Lipinski definition) is 2. The summed E-state index contributed by atoms with van der Waals surface area (Å²) in [5, 5.41) is 4.38. The molecule has 2 N–H and O–H groups in total. The average molecular weight is 483 g/mol. The maximum Gasteiger partial charge on any atom is 0.417 e. The number of nitrogens with zero attached hydrogens (tertiary/aromatic N) is 3. The molecule has 2 aliphatic rings. The van der Waals surface area contributed by atoms with Crippen molar-refractivity contribution in [1.29, 1.82) is 0 Å². The summed E-state index contributed by atoms with van der Waals surface area (Å²) in [6.45, 7) is 4.06. The molecule has 2 aromatic rings. The summed E-state index contributed by atoms with van der Waals surface area (Å²) in [4.78, 5) is 30.6. The van der Waals surface area contributed by atoms with Crippen LogP contribution in [0.5, 0.6) is 0 Å². The summed E-state index contributed by atoms with van der Waals surface area (Å²) in [5.74, 6) is -0.422. The Kier molecular flexibility index (Phi) is 6.49. The molecule has 182 valence electrons. The first-order chi connectivity index (χ1) is 16.6. The van der Waals surface area contributed by atoms with Crippen LogP contribution in [0.25, 0.3) is 5.57 Å². The van der Waals surface area contributed by atoms with Crippen LogP contribution in [0.1, 0.15) is 35.3 Å². The van der Waals surface area contributed by atoms with E-state index in [4.69, 9.17) is 0 Å². The third-order valence-electron chi connectivity index (χ3n) is 5.72. The number of carbonyl (C=O) groups is 2. The van der Waals surface area contributed by atoms with Gasteiger partial charge in [0.25, 0.3) is 11.8 Å². The molecule has 0 fully saturated rings. The molecule has 0 aliphatic carbocycles. The van der Waals surface area contributed by atoms with Crippen LogP contribution in [0.2, 0.25) is 0 Å². The minimum Gasteiger partial charge on any atom is -0.355 e. The summed E-state index contributed by atoms with van der Waals surface area (Å²) in [5.41, 5.74) is 5.86. The monoisotopic (exact) mass is 483 g/mol. The van der Waals surface area contributed by atoms with Crippen molar-refractivity contribution >= 4 is 23.2 Å². The number of hydrogen-bond acceptors (Lipinski definition) is 5. The van der Waals surface area contributed by atoms with Crippen LogP contribution in [0, 0.1) is 0 Å². The zero-order valence-electron chi connectivity index (χ0n) is 19.3. The summed E-state index contributed by atoms with van der Waals surface area (Å²) < 4.78 is 38.8. The van der Waals surface area contributed by atoms with Gasteiger partial charge in [-0.15, -0.1) is 0 Å². The normalized spacial score (nSPS) is 15.3. The highest BCUT2D eigenvalue weighted by atomic mass is 19.4. The zero-order valence-corrected chi connectivity index (χ0v) is 19.3. The molecule has 2 aliphatic heterocycles. The van der Waals surface area contributed by atoms with Crippen molar-refractivity contribution in [3.05, 3.63) is 88.9 Å². The molecule has 10 heteroatoms. The van der Waals surface area contributed by atoms with Gasteiger partial charge >= 0.3 is 6.18 Å². The first kappa shape index (κ1) is 24.2. The van der Waals surface area contributed by atoms with Gasteiger partial charge in [0.1, 0.15) is 5.82 Å². The van der Waals surface area contributed by atoms with Gasteiger partial charge in [-0.25, -0.2) is 10.4 Å². The topological polar surface area (TPSA) is 77.6 Å². The van der Waals surface area contributed by atoms with E-state index in [-0.39, 0.29) is 23.7 Å². The van der Waals surface area contributed by atoms with E-state index < -0.39 is 11.7 Å². The van der Waals surface area contributed by atoms with E-state index in [0.717, 1.165) is 29.1 Å². The Hall–Kier alpha value is -3.92. The zero-order chi connectivity index (χ0) is 25.3. The molecule has 0 atom stereocenters. The van der Waals surface area contributed by atoms with E-state index in [0.29, 0.717) is 17.7 Å². The molecule has 0 saturated heterocycles. The van der Waals surface area contributed by atoms with Gasteiger partial charge in [-0.2, -0.15) is 13.2 Å². The number of carbonyl (C=O) groups excluding carboxylic acids is 2. The highest BCUT2D eigenvalue weighted by molar-refractivity contribution is 6.08. The van der Waals surface area contributed by atoms with Crippen molar-refractivity contribution in [1.82, 2.24) is 20.7 Å². The Labute approximate surface area is 200 Å². The van der Waals surface area contributed by atoms with Crippen LogP contribution in [0.3, 0.4) is 0 Å². The van der Waals surface area contributed by atoms with Crippen LogP contribution in [0.4, 0.5) is 19.0 Å². The Balaban J connectivity index is 1.65. The Bertz CT molecular complexity index is 1230. The van der Waals surface area contributed by atoms with Crippen LogP contribution < -0.4 is 15.6 Å². The largest absolute Gasteiger partial charge is 0.417 e. The Morgan fingerprint density at radius 1 is 1.14 bits per heavy atom. The van der Waals surface area contributed by atoms with E-state index in [1.165, 1.54) is 11.0 Å². The quantitative estimate of drug-likeness (QED) is 0.675. The molecule has 7 nitrogen and oxygen atoms in total. The van der Waals surface area contributed by atoms with E-state index in [1.54, 1.807) is 56.4 Å². The fourth-order valence-electron chi connectivity index (χ4n) is 3.91. The number of amides is 2. The van der Waals surface area contributed by atoms with Gasteiger partial charge in [-0.3, -0.25) is 19.5 Å². The van der Waals surface area contributed by atoms with Crippen LogP contribution in [0.15, 0.2) is 72.2 Å². The van der Waals surface area contributed by atoms with Gasteiger partial charge in [0.05, 0.1) is 11.3 Å². The van der Waals surface area contributed by atoms with Gasteiger partial charge in [0, 0.05) is 48.7 Å². The average Bonchev–Trinajstić information content (AvgIpc) is 3.26. The van der Waals surface area contributed by atoms with Gasteiger partial charge in [0.2, 0.25) is 0 Å². The van der Waals surface area contributed by atoms with Crippen LogP contribution >= 0.6 is 0 Å². The number of alkyl halides is 3. The first-order valence-electron chi connectivity index (χ1n) is 10.9. The third-order valence-corrected chi connectivity index (χ3v) is 5.72. The second-order valence-electron chi connectivity index (χ2n) is 8.31. The molecule has 2 amide bonds. The number of hydrazine groups is 1. The predicted octanol–water partition coefficient (Wildman–Crippen LogP) is 3.89. The molecular formula is C25H24F3N5O2. The van der Waals surface area contributed by atoms with Crippen molar-refractivity contribution in [2.45, 2.75) is 26.1 Å². The number of fused-ring (bicyclic) bond motifs is 1. The fraction of sp³-hybridized carbons (Fsp3) is 0.240. The van der Waals surface area contributed by atoms with E-state index in [2.05, 4.69) is 15.7 Å². The van der Waals surface area contributed by atoms with Crippen molar-refractivity contribution in [3.63, 3.8) is 0 Å². The lowest BCUT2D eigenvalue weighted by atomic mass is 10.00. The number of allylic oxidation sites excluding steroid dienone is 1. The lowest BCUT2D eigenvalue weighted by Crippen LogP contribution is -2.39. The molecule has 0 radical (unpaired) electrons. The molecule has 35 heavy (non-hydrogen) atoms. The summed E-state index contributed by atoms with van der Waals surface area (Å²) in [6, 6.07) is 8.94. The van der Waals surface area contributed by atoms with E-state index in [1.807, 2.05) is 12.1 Å². The summed E-state index contributed by atoms with van der Waals surface area (Å²) in [6.07, 6.45) is 1.34. The number of anilines is 1. The minimum atomic E-state index is -4.51. The molecule has 0 spiro atoms. The van der Waals surface area contributed by atoms with Gasteiger partial charge in [-0.05, 0) is 55.8 Å². The van der Waals surface area contributed by atoms with Gasteiger partial charge in [0.15, 0.2) is 0 Å². The summed E-state index contributed by atoms with van der Waals surface area (Å²) in [7, 11) is 1.57. The maximum atomic E-state index is 13.4. The number of rotatable bonds is 5. The highest BCUT2D eigenvalue weighted by Gasteiger charge is 2.32. The Morgan fingerprint density at radius 2 is 1.86 bits per heavy atom. The fourth-order valence-corrected chi connectivity index (χ4v) is 3.91. The molecule has 0 bridgehead atoms. The molecule has 0 unspecified atom stereocenters. The maximum absolute atomic E-state index is 13.4. The van der Waals surface area contributed by atoms with Crippen molar-refractivity contribution in [2.24, 2.45) is 0 Å². The number of pyridine rings is 1. The highest BCUT2D eigenvalue weighted by Crippen LogP contribution is 2.32. The standard InChI is InChI=1S/C25H24F3N5O2/c1-15(2)33(22-9-8-19(13-30-22)25(26,27)28)24(35)18-10-11-32-21(12-18)20(14-31-32)16-4-6-17(7-5-16)23(34)29-3/h4-13,15,31H,14H2,1-3H3,(H,29,34). The minimum absolute atomic E-state index is 0.137. The lowest BCUT2D eigenvalue weighted by Gasteiger charge is -2.28. The number of halogens is 3. The predicted molar refractivity (Wildman–Crippen MR) is 126 cm³/mol. The van der Waals surface area contributed by atoms with Gasteiger partial charge < -0.3 is 5.32 Å².